The van der Waals surface area contributed by atoms with Crippen molar-refractivity contribution < 1.29 is 0 Å². The van der Waals surface area contributed by atoms with Crippen LogP contribution in [0.4, 0.5) is 11.8 Å². The summed E-state index contributed by atoms with van der Waals surface area (Å²) in [5, 5.41) is 7.28. The number of hydrogen-bond acceptors (Lipinski definition) is 4. The minimum absolute atomic E-state index is 0.464. The van der Waals surface area contributed by atoms with Crippen LogP contribution in [0.1, 0.15) is 46.5 Å². The summed E-state index contributed by atoms with van der Waals surface area (Å²) in [5.74, 6) is 2.77. The molecule has 1 aliphatic carbocycles. The molecule has 5 heteroatoms. The molecular weight excluding hydrogens is 272 g/mol. The van der Waals surface area contributed by atoms with Crippen LogP contribution in [0.25, 0.3) is 0 Å². The first-order valence-electron chi connectivity index (χ1n) is 7.64. The van der Waals surface area contributed by atoms with E-state index in [-0.39, 0.29) is 0 Å². The van der Waals surface area contributed by atoms with E-state index in [9.17, 15) is 0 Å². The quantitative estimate of drug-likeness (QED) is 0.855. The summed E-state index contributed by atoms with van der Waals surface area (Å²) in [6.45, 7) is 7.44. The second-order valence-corrected chi connectivity index (χ2v) is 6.27. The van der Waals surface area contributed by atoms with Gasteiger partial charge in [0.05, 0.1) is 6.20 Å². The maximum absolute atomic E-state index is 6.23. The lowest BCUT2D eigenvalue weighted by atomic mass is 9.78. The highest BCUT2D eigenvalue weighted by molar-refractivity contribution is 6.32. The Morgan fingerprint density at radius 3 is 2.80 bits per heavy atom. The molecule has 0 amide bonds. The summed E-state index contributed by atoms with van der Waals surface area (Å²) < 4.78 is 0. The first-order chi connectivity index (χ1) is 9.61. The summed E-state index contributed by atoms with van der Waals surface area (Å²) >= 11 is 6.23. The van der Waals surface area contributed by atoms with E-state index in [0.717, 1.165) is 12.4 Å². The van der Waals surface area contributed by atoms with Crippen LogP contribution in [-0.2, 0) is 0 Å². The first-order valence-corrected chi connectivity index (χ1v) is 8.02. The summed E-state index contributed by atoms with van der Waals surface area (Å²) in [6, 6.07) is 0.464. The van der Waals surface area contributed by atoms with Crippen LogP contribution in [0.3, 0.4) is 0 Å². The molecule has 1 heterocycles. The fourth-order valence-corrected chi connectivity index (χ4v) is 3.17. The summed E-state index contributed by atoms with van der Waals surface area (Å²) in [6.07, 6.45) is 6.77. The van der Waals surface area contributed by atoms with Crippen LogP contribution in [-0.4, -0.2) is 22.6 Å². The van der Waals surface area contributed by atoms with Gasteiger partial charge in [-0.3, -0.25) is 0 Å². The molecule has 1 fully saturated rings. The third kappa shape index (κ3) is 3.75. The number of hydrogen-bond donors (Lipinski definition) is 2. The molecule has 0 aromatic carbocycles. The molecule has 2 N–H and O–H groups in total. The van der Waals surface area contributed by atoms with Crippen molar-refractivity contribution in [2.24, 2.45) is 11.8 Å². The van der Waals surface area contributed by atoms with Gasteiger partial charge in [0.1, 0.15) is 5.02 Å². The molecule has 112 valence electrons. The minimum atomic E-state index is 0.464. The Bertz CT molecular complexity index is 436. The fraction of sp³-hybridized carbons (Fsp3) is 0.733. The second-order valence-electron chi connectivity index (χ2n) is 5.86. The highest BCUT2D eigenvalue weighted by Crippen LogP contribution is 2.33. The zero-order valence-electron chi connectivity index (χ0n) is 12.6. The molecule has 2 unspecified atom stereocenters. The van der Waals surface area contributed by atoms with Crippen molar-refractivity contribution >= 4 is 23.4 Å². The Morgan fingerprint density at radius 2 is 2.10 bits per heavy atom. The number of nitrogens with zero attached hydrogens (tertiary/aromatic N) is 2. The van der Waals surface area contributed by atoms with Gasteiger partial charge in [-0.15, -0.1) is 0 Å². The Morgan fingerprint density at radius 1 is 1.35 bits per heavy atom. The highest BCUT2D eigenvalue weighted by Gasteiger charge is 2.28. The van der Waals surface area contributed by atoms with E-state index in [0.29, 0.717) is 28.8 Å². The Kier molecular flexibility index (Phi) is 5.46. The molecule has 0 bridgehead atoms. The first kappa shape index (κ1) is 15.4. The van der Waals surface area contributed by atoms with Gasteiger partial charge in [0.25, 0.3) is 0 Å². The summed E-state index contributed by atoms with van der Waals surface area (Å²) in [5.41, 5.74) is 0. The predicted molar refractivity (Wildman–Crippen MR) is 85.4 cm³/mol. The van der Waals surface area contributed by atoms with Gasteiger partial charge < -0.3 is 10.6 Å². The average Bonchev–Trinajstić information content (AvgIpc) is 2.43. The molecule has 1 aliphatic rings. The molecule has 0 radical (unpaired) electrons. The second kappa shape index (κ2) is 7.11. The monoisotopic (exact) mass is 296 g/mol. The van der Waals surface area contributed by atoms with E-state index in [1.807, 2.05) is 6.92 Å². The van der Waals surface area contributed by atoms with Gasteiger partial charge >= 0.3 is 0 Å². The topological polar surface area (TPSA) is 49.8 Å². The maximum Gasteiger partial charge on any atom is 0.224 e. The number of aromatic nitrogens is 2. The molecule has 0 saturated heterocycles. The third-order valence-corrected chi connectivity index (χ3v) is 4.35. The van der Waals surface area contributed by atoms with Crippen LogP contribution in [0, 0.1) is 11.8 Å². The van der Waals surface area contributed by atoms with Crippen molar-refractivity contribution in [2.75, 3.05) is 17.2 Å². The molecule has 1 aromatic heterocycles. The van der Waals surface area contributed by atoms with Crippen molar-refractivity contribution in [3.05, 3.63) is 11.2 Å². The van der Waals surface area contributed by atoms with E-state index in [4.69, 9.17) is 11.6 Å². The minimum Gasteiger partial charge on any atom is -0.366 e. The molecule has 1 aromatic rings. The van der Waals surface area contributed by atoms with Gasteiger partial charge in [-0.05, 0) is 31.6 Å². The summed E-state index contributed by atoms with van der Waals surface area (Å²) in [4.78, 5) is 8.67. The van der Waals surface area contributed by atoms with Crippen molar-refractivity contribution in [3.63, 3.8) is 0 Å². The smallest absolute Gasteiger partial charge is 0.224 e. The standard InChI is InChI=1S/C15H25ClN4/c1-4-17-15-18-9-12(16)14(20-15)19-13-8-6-5-7-11(13)10(2)3/h9-11,13H,4-8H2,1-3H3,(H2,17,18,19,20). The molecular formula is C15H25ClN4. The number of halogens is 1. The van der Waals surface area contributed by atoms with Crippen LogP contribution in [0.15, 0.2) is 6.20 Å². The van der Waals surface area contributed by atoms with Crippen LogP contribution in [0.5, 0.6) is 0 Å². The van der Waals surface area contributed by atoms with Gasteiger partial charge in [-0.25, -0.2) is 4.98 Å². The van der Waals surface area contributed by atoms with Crippen molar-refractivity contribution in [2.45, 2.75) is 52.5 Å². The largest absolute Gasteiger partial charge is 0.366 e. The van der Waals surface area contributed by atoms with E-state index in [1.165, 1.54) is 25.7 Å². The van der Waals surface area contributed by atoms with E-state index >= 15 is 0 Å². The highest BCUT2D eigenvalue weighted by atomic mass is 35.5. The predicted octanol–water partition coefficient (Wildman–Crippen LogP) is 4.19. The van der Waals surface area contributed by atoms with Gasteiger partial charge in [0.2, 0.25) is 5.95 Å². The van der Waals surface area contributed by atoms with Gasteiger partial charge in [0.15, 0.2) is 5.82 Å². The van der Waals surface area contributed by atoms with Gasteiger partial charge in [-0.1, -0.05) is 38.3 Å². The Balaban J connectivity index is 2.12. The number of rotatable bonds is 5. The average molecular weight is 297 g/mol. The van der Waals surface area contributed by atoms with Crippen LogP contribution < -0.4 is 10.6 Å². The SMILES string of the molecule is CCNc1ncc(Cl)c(NC2CCCCC2C(C)C)n1. The van der Waals surface area contributed by atoms with E-state index in [2.05, 4.69) is 34.4 Å². The van der Waals surface area contributed by atoms with Crippen LogP contribution in [0.2, 0.25) is 5.02 Å². The summed E-state index contributed by atoms with van der Waals surface area (Å²) in [7, 11) is 0. The molecule has 0 spiro atoms. The van der Waals surface area contributed by atoms with Crippen molar-refractivity contribution in [1.29, 1.82) is 0 Å². The molecule has 4 nitrogen and oxygen atoms in total. The molecule has 2 atom stereocenters. The third-order valence-electron chi connectivity index (χ3n) is 4.08. The van der Waals surface area contributed by atoms with Crippen LogP contribution >= 0.6 is 11.6 Å². The maximum atomic E-state index is 6.23. The lowest BCUT2D eigenvalue weighted by Gasteiger charge is -2.35. The zero-order chi connectivity index (χ0) is 14.5. The molecule has 20 heavy (non-hydrogen) atoms. The Labute approximate surface area is 126 Å². The van der Waals surface area contributed by atoms with Crippen molar-refractivity contribution in [1.82, 2.24) is 9.97 Å². The number of nitrogens with one attached hydrogen (secondary N) is 2. The normalized spacial score (nSPS) is 22.9. The Hall–Kier alpha value is -1.03. The van der Waals surface area contributed by atoms with Gasteiger partial charge in [0, 0.05) is 12.6 Å². The van der Waals surface area contributed by atoms with E-state index < -0.39 is 0 Å². The lowest BCUT2D eigenvalue weighted by molar-refractivity contribution is 0.253. The number of anilines is 2. The zero-order valence-corrected chi connectivity index (χ0v) is 13.4. The fourth-order valence-electron chi connectivity index (χ4n) is 3.02. The van der Waals surface area contributed by atoms with Gasteiger partial charge in [-0.2, -0.15) is 4.98 Å². The lowest BCUT2D eigenvalue weighted by Crippen LogP contribution is -2.35. The molecule has 0 aliphatic heterocycles. The molecule has 1 saturated carbocycles. The molecule has 2 rings (SSSR count). The van der Waals surface area contributed by atoms with Crippen molar-refractivity contribution in [3.8, 4) is 0 Å². The van der Waals surface area contributed by atoms with E-state index in [1.54, 1.807) is 6.20 Å².